The van der Waals surface area contributed by atoms with E-state index < -0.39 is 34.9 Å². The molecule has 2 rings (SSSR count). The molecule has 112 valence electrons. The van der Waals surface area contributed by atoms with Gasteiger partial charge in [-0.1, -0.05) is 0 Å². The van der Waals surface area contributed by atoms with Crippen molar-refractivity contribution in [3.05, 3.63) is 41.2 Å². The molecule has 2 aromatic rings. The van der Waals surface area contributed by atoms with Crippen molar-refractivity contribution in [2.75, 3.05) is 0 Å². The number of H-pyrrole nitrogens is 1. The zero-order chi connectivity index (χ0) is 15.8. The molecule has 0 atom stereocenters. The molecule has 3 nitrogen and oxygen atoms in total. The zero-order valence-corrected chi connectivity index (χ0v) is 10.0. The average molecular weight is 308 g/mol. The Morgan fingerprint density at radius 2 is 1.71 bits per heavy atom. The Kier molecular flexibility index (Phi) is 3.52. The molecule has 0 amide bonds. The van der Waals surface area contributed by atoms with E-state index in [0.29, 0.717) is 18.2 Å². The molecule has 0 bridgehead atoms. The summed E-state index contributed by atoms with van der Waals surface area (Å²) in [6, 6.07) is 1.02. The number of carbonyl (C=O) groups is 1. The fourth-order valence-corrected chi connectivity index (χ4v) is 1.70. The van der Waals surface area contributed by atoms with Crippen LogP contribution in [0.3, 0.4) is 0 Å². The Morgan fingerprint density at radius 1 is 1.05 bits per heavy atom. The topological polar surface area (TPSA) is 45.8 Å². The number of carbonyl (C=O) groups excluding carboxylic acids is 1. The SMILES string of the molecule is O=Cc1cnc(-c2cc(C(F)(F)F)ccc2C(F)(F)F)[nH]1. The van der Waals surface area contributed by atoms with Gasteiger partial charge in [0, 0.05) is 5.56 Å². The molecule has 1 heterocycles. The molecule has 0 fully saturated rings. The first kappa shape index (κ1) is 15.1. The molecular formula is C12H6F6N2O. The number of hydrogen-bond acceptors (Lipinski definition) is 2. The minimum atomic E-state index is -4.85. The molecule has 0 spiro atoms. The number of aldehydes is 1. The fourth-order valence-electron chi connectivity index (χ4n) is 1.70. The molecular weight excluding hydrogens is 302 g/mol. The highest BCUT2D eigenvalue weighted by Gasteiger charge is 2.37. The van der Waals surface area contributed by atoms with Gasteiger partial charge in [0.25, 0.3) is 0 Å². The number of aromatic amines is 1. The smallest absolute Gasteiger partial charge is 0.336 e. The molecule has 0 unspecified atom stereocenters. The Balaban J connectivity index is 2.66. The predicted octanol–water partition coefficient (Wildman–Crippen LogP) is 3.93. The highest BCUT2D eigenvalue weighted by atomic mass is 19.4. The number of benzene rings is 1. The standard InChI is InChI=1S/C12H6F6N2O/c13-11(14,15)6-1-2-9(12(16,17)18)8(3-6)10-19-4-7(5-21)20-10/h1-5H,(H,19,20). The third-order valence-corrected chi connectivity index (χ3v) is 2.63. The van der Waals surface area contributed by atoms with Gasteiger partial charge >= 0.3 is 12.4 Å². The van der Waals surface area contributed by atoms with Gasteiger partial charge in [-0.15, -0.1) is 0 Å². The van der Waals surface area contributed by atoms with Gasteiger partial charge in [0.15, 0.2) is 6.29 Å². The fraction of sp³-hybridized carbons (Fsp3) is 0.167. The van der Waals surface area contributed by atoms with E-state index in [9.17, 15) is 31.1 Å². The van der Waals surface area contributed by atoms with E-state index in [-0.39, 0.29) is 12.0 Å². The highest BCUT2D eigenvalue weighted by Crippen LogP contribution is 2.39. The van der Waals surface area contributed by atoms with Crippen molar-refractivity contribution >= 4 is 6.29 Å². The van der Waals surface area contributed by atoms with Crippen molar-refractivity contribution in [2.45, 2.75) is 12.4 Å². The molecule has 0 aliphatic rings. The van der Waals surface area contributed by atoms with Crippen LogP contribution in [0.25, 0.3) is 11.4 Å². The van der Waals surface area contributed by atoms with Crippen molar-refractivity contribution in [3.8, 4) is 11.4 Å². The zero-order valence-electron chi connectivity index (χ0n) is 10.0. The monoisotopic (exact) mass is 308 g/mol. The van der Waals surface area contributed by atoms with E-state index in [1.165, 1.54) is 0 Å². The van der Waals surface area contributed by atoms with Crippen LogP contribution in [0.1, 0.15) is 21.6 Å². The van der Waals surface area contributed by atoms with Gasteiger partial charge in [-0.05, 0) is 18.2 Å². The van der Waals surface area contributed by atoms with Crippen molar-refractivity contribution < 1.29 is 31.1 Å². The second-order valence-electron chi connectivity index (χ2n) is 4.06. The number of aromatic nitrogens is 2. The summed E-state index contributed by atoms with van der Waals surface area (Å²) in [6.45, 7) is 0. The van der Waals surface area contributed by atoms with Gasteiger partial charge in [0.1, 0.15) is 5.82 Å². The van der Waals surface area contributed by atoms with Crippen LogP contribution < -0.4 is 0 Å². The Labute approximate surface area is 113 Å². The Morgan fingerprint density at radius 3 is 2.19 bits per heavy atom. The van der Waals surface area contributed by atoms with Gasteiger partial charge in [-0.3, -0.25) is 4.79 Å². The van der Waals surface area contributed by atoms with E-state index in [4.69, 9.17) is 0 Å². The maximum atomic E-state index is 12.9. The van der Waals surface area contributed by atoms with Crippen LogP contribution in [0.4, 0.5) is 26.3 Å². The number of nitrogens with zero attached hydrogens (tertiary/aromatic N) is 1. The van der Waals surface area contributed by atoms with Crippen LogP contribution in [-0.4, -0.2) is 16.3 Å². The van der Waals surface area contributed by atoms with Gasteiger partial charge in [0.2, 0.25) is 0 Å². The summed E-state index contributed by atoms with van der Waals surface area (Å²) < 4.78 is 76.4. The van der Waals surface area contributed by atoms with E-state index in [0.717, 1.165) is 6.20 Å². The molecule has 0 saturated carbocycles. The number of imidazole rings is 1. The van der Waals surface area contributed by atoms with Crippen molar-refractivity contribution in [1.82, 2.24) is 9.97 Å². The summed E-state index contributed by atoms with van der Waals surface area (Å²) in [5.74, 6) is -0.462. The normalized spacial score (nSPS) is 12.5. The molecule has 0 radical (unpaired) electrons. The lowest BCUT2D eigenvalue weighted by Gasteiger charge is -2.14. The van der Waals surface area contributed by atoms with Gasteiger partial charge in [-0.2, -0.15) is 26.3 Å². The van der Waals surface area contributed by atoms with Gasteiger partial charge in [0.05, 0.1) is 23.0 Å². The molecule has 1 aromatic carbocycles. The summed E-state index contributed by atoms with van der Waals surface area (Å²) in [5.41, 5.74) is -3.43. The molecule has 1 N–H and O–H groups in total. The number of hydrogen-bond donors (Lipinski definition) is 1. The van der Waals surface area contributed by atoms with Crippen LogP contribution in [0.5, 0.6) is 0 Å². The lowest BCUT2D eigenvalue weighted by atomic mass is 10.0. The molecule has 9 heteroatoms. The Bertz CT molecular complexity index is 671. The van der Waals surface area contributed by atoms with E-state index in [1.807, 2.05) is 0 Å². The van der Waals surface area contributed by atoms with Crippen molar-refractivity contribution in [3.63, 3.8) is 0 Å². The summed E-state index contributed by atoms with van der Waals surface area (Å²) >= 11 is 0. The van der Waals surface area contributed by atoms with E-state index >= 15 is 0 Å². The lowest BCUT2D eigenvalue weighted by molar-refractivity contribution is -0.141. The largest absolute Gasteiger partial charge is 0.417 e. The Hall–Kier alpha value is -2.32. The molecule has 21 heavy (non-hydrogen) atoms. The summed E-state index contributed by atoms with van der Waals surface area (Å²) in [4.78, 5) is 16.2. The van der Waals surface area contributed by atoms with E-state index in [2.05, 4.69) is 9.97 Å². The molecule has 1 aromatic heterocycles. The van der Waals surface area contributed by atoms with Crippen LogP contribution in [0.2, 0.25) is 0 Å². The highest BCUT2D eigenvalue weighted by molar-refractivity contribution is 5.74. The van der Waals surface area contributed by atoms with Crippen molar-refractivity contribution in [1.29, 1.82) is 0 Å². The molecule has 0 aliphatic heterocycles. The number of nitrogens with one attached hydrogen (secondary N) is 1. The second-order valence-corrected chi connectivity index (χ2v) is 4.06. The number of alkyl halides is 6. The first-order valence-electron chi connectivity index (χ1n) is 5.42. The quantitative estimate of drug-likeness (QED) is 0.675. The first-order valence-corrected chi connectivity index (χ1v) is 5.42. The maximum absolute atomic E-state index is 12.9. The van der Waals surface area contributed by atoms with Crippen LogP contribution in [0.15, 0.2) is 24.4 Å². The third-order valence-electron chi connectivity index (χ3n) is 2.63. The van der Waals surface area contributed by atoms with Gasteiger partial charge in [-0.25, -0.2) is 4.98 Å². The molecule has 0 saturated heterocycles. The van der Waals surface area contributed by atoms with Crippen LogP contribution >= 0.6 is 0 Å². The predicted molar refractivity (Wildman–Crippen MR) is 59.4 cm³/mol. The van der Waals surface area contributed by atoms with Crippen LogP contribution in [0, 0.1) is 0 Å². The second kappa shape index (κ2) is 4.90. The summed E-state index contributed by atoms with van der Waals surface area (Å²) in [5, 5.41) is 0. The van der Waals surface area contributed by atoms with Crippen molar-refractivity contribution in [2.24, 2.45) is 0 Å². The van der Waals surface area contributed by atoms with E-state index in [1.54, 1.807) is 0 Å². The minimum absolute atomic E-state index is 0.143. The third kappa shape index (κ3) is 3.06. The summed E-state index contributed by atoms with van der Waals surface area (Å²) in [6.07, 6.45) is -8.42. The molecule has 0 aliphatic carbocycles. The number of halogens is 6. The lowest BCUT2D eigenvalue weighted by Crippen LogP contribution is -2.11. The number of rotatable bonds is 2. The minimum Gasteiger partial charge on any atom is -0.336 e. The summed E-state index contributed by atoms with van der Waals surface area (Å²) in [7, 11) is 0. The first-order chi connectivity index (χ1) is 9.63. The van der Waals surface area contributed by atoms with Crippen LogP contribution in [-0.2, 0) is 12.4 Å². The maximum Gasteiger partial charge on any atom is 0.417 e. The average Bonchev–Trinajstić information content (AvgIpc) is 2.84. The van der Waals surface area contributed by atoms with Gasteiger partial charge < -0.3 is 4.98 Å².